The first-order chi connectivity index (χ1) is 9.47. The van der Waals surface area contributed by atoms with Crippen molar-refractivity contribution >= 4 is 17.6 Å². The monoisotopic (exact) mass is 276 g/mol. The molecule has 2 aromatic rings. The highest BCUT2D eigenvalue weighted by Gasteiger charge is 2.24. The number of nitrogens with one attached hydrogen (secondary N) is 1. The van der Waals surface area contributed by atoms with Crippen LogP contribution in [-0.4, -0.2) is 39.9 Å². The number of ether oxygens (including phenoxy) is 1. The Balaban J connectivity index is 2.63. The van der Waals surface area contributed by atoms with Gasteiger partial charge in [0.25, 0.3) is 5.95 Å². The number of aromatic nitrogens is 4. The summed E-state index contributed by atoms with van der Waals surface area (Å²) >= 11 is 0. The number of nitrogen functional groups attached to an aromatic ring is 1. The highest BCUT2D eigenvalue weighted by molar-refractivity contribution is 5.99. The molecule has 0 saturated heterocycles. The largest absolute Gasteiger partial charge is 0.465 e. The minimum atomic E-state index is -0.567. The zero-order valence-electron chi connectivity index (χ0n) is 11.8. The molecule has 0 spiro atoms. The predicted octanol–water partition coefficient (Wildman–Crippen LogP) is 0.690. The molecule has 2 aromatic heterocycles. The van der Waals surface area contributed by atoms with Gasteiger partial charge in [-0.3, -0.25) is 0 Å². The number of esters is 1. The van der Waals surface area contributed by atoms with E-state index in [4.69, 9.17) is 10.5 Å². The lowest BCUT2D eigenvalue weighted by Crippen LogP contribution is -2.10. The van der Waals surface area contributed by atoms with Crippen molar-refractivity contribution in [3.63, 3.8) is 0 Å². The van der Waals surface area contributed by atoms with E-state index in [0.717, 1.165) is 11.4 Å². The first-order valence-electron chi connectivity index (χ1n) is 5.95. The fraction of sp³-hybridized carbons (Fsp3) is 0.333. The second-order valence-electron chi connectivity index (χ2n) is 4.21. The molecule has 0 aromatic carbocycles. The maximum atomic E-state index is 11.8. The van der Waals surface area contributed by atoms with Gasteiger partial charge in [-0.2, -0.15) is 4.68 Å². The van der Waals surface area contributed by atoms with Crippen LogP contribution in [0.1, 0.15) is 21.7 Å². The molecule has 8 heteroatoms. The van der Waals surface area contributed by atoms with Gasteiger partial charge in [-0.15, -0.1) is 5.10 Å². The molecule has 8 nitrogen and oxygen atoms in total. The molecule has 2 heterocycles. The maximum Gasteiger partial charge on any atom is 0.345 e. The molecule has 0 unspecified atom stereocenters. The van der Waals surface area contributed by atoms with Crippen LogP contribution in [0.3, 0.4) is 0 Å². The Morgan fingerprint density at radius 3 is 2.45 bits per heavy atom. The first-order valence-corrected chi connectivity index (χ1v) is 5.95. The summed E-state index contributed by atoms with van der Waals surface area (Å²) in [5, 5.41) is 7.01. The Bertz CT molecular complexity index is 644. The molecule has 2 rings (SSSR count). The molecular formula is C12H16N6O2. The van der Waals surface area contributed by atoms with Crippen LogP contribution in [0.25, 0.3) is 5.95 Å². The number of carbonyl (C=O) groups excluding carboxylic acids is 1. The van der Waals surface area contributed by atoms with E-state index in [0.29, 0.717) is 11.8 Å². The maximum absolute atomic E-state index is 11.8. The number of carbonyl (C=O) groups is 1. The van der Waals surface area contributed by atoms with Crippen molar-refractivity contribution < 1.29 is 9.53 Å². The fourth-order valence-corrected chi connectivity index (χ4v) is 1.86. The number of rotatable bonds is 3. The van der Waals surface area contributed by atoms with Crippen molar-refractivity contribution in [1.82, 2.24) is 19.7 Å². The van der Waals surface area contributed by atoms with Crippen molar-refractivity contribution in [2.24, 2.45) is 0 Å². The highest BCUT2D eigenvalue weighted by Crippen LogP contribution is 2.24. The Morgan fingerprint density at radius 1 is 1.35 bits per heavy atom. The van der Waals surface area contributed by atoms with Gasteiger partial charge in [0.2, 0.25) is 0 Å². The summed E-state index contributed by atoms with van der Waals surface area (Å²) in [4.78, 5) is 20.3. The van der Waals surface area contributed by atoms with E-state index in [1.54, 1.807) is 7.05 Å². The fourth-order valence-electron chi connectivity index (χ4n) is 1.86. The van der Waals surface area contributed by atoms with Gasteiger partial charge >= 0.3 is 5.97 Å². The van der Waals surface area contributed by atoms with Gasteiger partial charge in [-0.05, 0) is 19.9 Å². The molecule has 0 aliphatic heterocycles. The Kier molecular flexibility index (Phi) is 3.55. The lowest BCUT2D eigenvalue weighted by atomic mass is 10.3. The third-order valence-corrected chi connectivity index (χ3v) is 2.71. The van der Waals surface area contributed by atoms with Crippen molar-refractivity contribution in [2.45, 2.75) is 13.8 Å². The number of aryl methyl sites for hydroxylation is 2. The number of hydrogen-bond acceptors (Lipinski definition) is 7. The molecule has 0 radical (unpaired) electrons. The quantitative estimate of drug-likeness (QED) is 0.794. The van der Waals surface area contributed by atoms with Crippen LogP contribution in [0.2, 0.25) is 0 Å². The average Bonchev–Trinajstić information content (AvgIpc) is 2.73. The van der Waals surface area contributed by atoms with Gasteiger partial charge < -0.3 is 15.8 Å². The third kappa shape index (κ3) is 2.27. The summed E-state index contributed by atoms with van der Waals surface area (Å²) in [6.45, 7) is 3.69. The molecule has 0 bridgehead atoms. The zero-order valence-corrected chi connectivity index (χ0v) is 11.8. The summed E-state index contributed by atoms with van der Waals surface area (Å²) in [6, 6.07) is 1.84. The van der Waals surface area contributed by atoms with Gasteiger partial charge in [-0.1, -0.05) is 0 Å². The third-order valence-electron chi connectivity index (χ3n) is 2.71. The van der Waals surface area contributed by atoms with Crippen molar-refractivity contribution in [2.75, 3.05) is 25.2 Å². The lowest BCUT2D eigenvalue weighted by molar-refractivity contribution is 0.0603. The molecule has 0 aliphatic rings. The topological polar surface area (TPSA) is 108 Å². The molecular weight excluding hydrogens is 260 g/mol. The van der Waals surface area contributed by atoms with E-state index in [-0.39, 0.29) is 11.4 Å². The number of methoxy groups -OCH3 is 1. The van der Waals surface area contributed by atoms with Crippen LogP contribution in [-0.2, 0) is 4.74 Å². The van der Waals surface area contributed by atoms with Crippen LogP contribution >= 0.6 is 0 Å². The second-order valence-corrected chi connectivity index (χ2v) is 4.21. The van der Waals surface area contributed by atoms with Crippen LogP contribution in [0.4, 0.5) is 11.6 Å². The van der Waals surface area contributed by atoms with E-state index in [1.165, 1.54) is 11.8 Å². The number of hydrogen-bond donors (Lipinski definition) is 2. The first kappa shape index (κ1) is 13.8. The molecule has 106 valence electrons. The molecule has 0 aliphatic carbocycles. The summed E-state index contributed by atoms with van der Waals surface area (Å²) in [6.07, 6.45) is 0. The Hall–Kier alpha value is -2.64. The molecule has 0 saturated carbocycles. The van der Waals surface area contributed by atoms with Crippen LogP contribution in [0.5, 0.6) is 0 Å². The minimum Gasteiger partial charge on any atom is -0.465 e. The summed E-state index contributed by atoms with van der Waals surface area (Å²) in [7, 11) is 2.92. The van der Waals surface area contributed by atoms with Crippen LogP contribution in [0.15, 0.2) is 6.07 Å². The number of nitrogens with two attached hydrogens (primary N) is 1. The van der Waals surface area contributed by atoms with Gasteiger partial charge in [0.05, 0.1) is 7.11 Å². The van der Waals surface area contributed by atoms with Gasteiger partial charge in [0.1, 0.15) is 11.4 Å². The summed E-state index contributed by atoms with van der Waals surface area (Å²) in [5.74, 6) is 0.192. The van der Waals surface area contributed by atoms with Gasteiger partial charge in [0, 0.05) is 18.4 Å². The number of anilines is 2. The standard InChI is InChI=1S/C12H16N6O2/c1-6-5-7(2)16-12(15-6)18-9(13)8(11(19)20-4)10(14-3)17-18/h5H,13H2,1-4H3,(H,14,17). The predicted molar refractivity (Wildman–Crippen MR) is 73.9 cm³/mol. The van der Waals surface area contributed by atoms with E-state index >= 15 is 0 Å². The average molecular weight is 276 g/mol. The molecule has 3 N–H and O–H groups in total. The summed E-state index contributed by atoms with van der Waals surface area (Å²) in [5.41, 5.74) is 7.70. The van der Waals surface area contributed by atoms with Gasteiger partial charge in [0.15, 0.2) is 5.82 Å². The normalized spacial score (nSPS) is 10.4. The Morgan fingerprint density at radius 2 is 1.95 bits per heavy atom. The van der Waals surface area contributed by atoms with Crippen LogP contribution < -0.4 is 11.1 Å². The number of nitrogens with zero attached hydrogens (tertiary/aromatic N) is 4. The van der Waals surface area contributed by atoms with E-state index in [1.807, 2.05) is 19.9 Å². The van der Waals surface area contributed by atoms with E-state index < -0.39 is 5.97 Å². The molecule has 20 heavy (non-hydrogen) atoms. The second kappa shape index (κ2) is 5.16. The minimum absolute atomic E-state index is 0.131. The molecule has 0 amide bonds. The van der Waals surface area contributed by atoms with Crippen molar-refractivity contribution in [1.29, 1.82) is 0 Å². The van der Waals surface area contributed by atoms with Crippen LogP contribution in [0, 0.1) is 13.8 Å². The summed E-state index contributed by atoms with van der Waals surface area (Å²) < 4.78 is 6.02. The molecule has 0 fully saturated rings. The molecule has 0 atom stereocenters. The smallest absolute Gasteiger partial charge is 0.345 e. The Labute approximate surface area is 116 Å². The van der Waals surface area contributed by atoms with Crippen molar-refractivity contribution in [3.8, 4) is 5.95 Å². The van der Waals surface area contributed by atoms with E-state index in [9.17, 15) is 4.79 Å². The zero-order chi connectivity index (χ0) is 14.9. The SMILES string of the molecule is CNc1nn(-c2nc(C)cc(C)n2)c(N)c1C(=O)OC. The van der Waals surface area contributed by atoms with E-state index in [2.05, 4.69) is 20.4 Å². The van der Waals surface area contributed by atoms with Gasteiger partial charge in [-0.25, -0.2) is 14.8 Å². The lowest BCUT2D eigenvalue weighted by Gasteiger charge is -2.04. The van der Waals surface area contributed by atoms with Crippen molar-refractivity contribution in [3.05, 3.63) is 23.0 Å². The highest BCUT2D eigenvalue weighted by atomic mass is 16.5.